The average molecular weight is 384 g/mol. The van der Waals surface area contributed by atoms with Gasteiger partial charge in [0.05, 0.1) is 6.10 Å². The molecule has 4 aliphatic rings. The topological polar surface area (TPSA) is 101 Å². The molecule has 6 nitrogen and oxygen atoms in total. The number of aliphatic hydroxyl groups excluding tert-OH is 1. The molecule has 7 atom stereocenters. The minimum absolute atomic E-state index is 0.0640. The SMILES string of the molecule is C[C@]12CC[C@H](O)CC1=CC[C@@H]1[C@@H]2CC[C@]2(C)C(=O)[C@@H](OS(=O)(=O)O)C[C@@H]12. The van der Waals surface area contributed by atoms with Crippen molar-refractivity contribution in [2.75, 3.05) is 0 Å². The van der Waals surface area contributed by atoms with Crippen molar-refractivity contribution in [1.29, 1.82) is 0 Å². The normalized spacial score (nSPS) is 48.4. The van der Waals surface area contributed by atoms with E-state index in [2.05, 4.69) is 13.0 Å². The molecule has 0 aliphatic heterocycles. The summed E-state index contributed by atoms with van der Waals surface area (Å²) in [4.78, 5) is 12.9. The zero-order chi connectivity index (χ0) is 18.9. The van der Waals surface area contributed by atoms with Gasteiger partial charge in [0.1, 0.15) is 6.10 Å². The fourth-order valence-corrected chi connectivity index (χ4v) is 7.10. The summed E-state index contributed by atoms with van der Waals surface area (Å²) in [5, 5.41) is 10.0. The van der Waals surface area contributed by atoms with Crippen LogP contribution < -0.4 is 0 Å². The Hall–Kier alpha value is -0.760. The third-order valence-electron chi connectivity index (χ3n) is 8.03. The summed E-state index contributed by atoms with van der Waals surface area (Å²) in [6.07, 6.45) is 6.36. The lowest BCUT2D eigenvalue weighted by Crippen LogP contribution is -2.50. The molecule has 26 heavy (non-hydrogen) atoms. The molecule has 0 radical (unpaired) electrons. The molecule has 0 saturated heterocycles. The number of hydrogen-bond acceptors (Lipinski definition) is 5. The maximum atomic E-state index is 12.9. The summed E-state index contributed by atoms with van der Waals surface area (Å²) < 4.78 is 36.0. The van der Waals surface area contributed by atoms with Crippen LogP contribution in [-0.2, 0) is 19.4 Å². The lowest BCUT2D eigenvalue weighted by atomic mass is 9.48. The van der Waals surface area contributed by atoms with Crippen molar-refractivity contribution < 1.29 is 27.1 Å². The Morgan fingerprint density at radius 2 is 1.85 bits per heavy atom. The molecule has 4 rings (SSSR count). The predicted octanol–water partition coefficient (Wildman–Crippen LogP) is 2.68. The fraction of sp³-hybridized carbons (Fsp3) is 0.842. The number of Topliss-reactive ketones (excluding diaryl/α,β-unsaturated/α-hetero) is 1. The first-order valence-corrected chi connectivity index (χ1v) is 11.0. The lowest BCUT2D eigenvalue weighted by Gasteiger charge is -2.56. The number of aliphatic hydroxyl groups is 1. The van der Waals surface area contributed by atoms with Crippen molar-refractivity contribution in [3.63, 3.8) is 0 Å². The van der Waals surface area contributed by atoms with E-state index in [0.29, 0.717) is 18.3 Å². The third kappa shape index (κ3) is 2.70. The van der Waals surface area contributed by atoms with Gasteiger partial charge >= 0.3 is 10.4 Å². The van der Waals surface area contributed by atoms with Crippen molar-refractivity contribution in [3.05, 3.63) is 11.6 Å². The van der Waals surface area contributed by atoms with Crippen molar-refractivity contribution in [2.45, 2.75) is 71.0 Å². The van der Waals surface area contributed by atoms with Crippen molar-refractivity contribution in [3.8, 4) is 0 Å². The van der Waals surface area contributed by atoms with Gasteiger partial charge in [0.25, 0.3) is 0 Å². The zero-order valence-electron chi connectivity index (χ0n) is 15.3. The van der Waals surface area contributed by atoms with Crippen LogP contribution in [0.25, 0.3) is 0 Å². The van der Waals surface area contributed by atoms with Crippen molar-refractivity contribution in [1.82, 2.24) is 0 Å². The monoisotopic (exact) mass is 384 g/mol. The van der Waals surface area contributed by atoms with Crippen LogP contribution in [0.5, 0.6) is 0 Å². The van der Waals surface area contributed by atoms with E-state index in [1.54, 1.807) is 0 Å². The first-order chi connectivity index (χ1) is 12.0. The molecule has 0 spiro atoms. The van der Waals surface area contributed by atoms with Crippen molar-refractivity contribution >= 4 is 16.2 Å². The van der Waals surface area contributed by atoms with Crippen LogP contribution in [0.1, 0.15) is 58.8 Å². The molecular weight excluding hydrogens is 356 g/mol. The molecule has 0 bridgehead atoms. The number of fused-ring (bicyclic) bond motifs is 5. The molecular formula is C19H28O6S. The Kier molecular flexibility index (Phi) is 4.20. The summed E-state index contributed by atoms with van der Waals surface area (Å²) in [6.45, 7) is 4.24. The molecule has 0 amide bonds. The first-order valence-electron chi connectivity index (χ1n) is 9.62. The van der Waals surface area contributed by atoms with Gasteiger partial charge < -0.3 is 5.11 Å². The number of allylic oxidation sites excluding steroid dienone is 1. The van der Waals surface area contributed by atoms with Crippen LogP contribution in [0, 0.1) is 28.6 Å². The van der Waals surface area contributed by atoms with Gasteiger partial charge in [0.15, 0.2) is 5.78 Å². The highest BCUT2D eigenvalue weighted by molar-refractivity contribution is 7.80. The largest absolute Gasteiger partial charge is 0.398 e. The molecule has 7 heteroatoms. The molecule has 0 aromatic heterocycles. The van der Waals surface area contributed by atoms with E-state index in [4.69, 9.17) is 8.74 Å². The van der Waals surface area contributed by atoms with E-state index in [9.17, 15) is 18.3 Å². The van der Waals surface area contributed by atoms with Crippen molar-refractivity contribution in [2.24, 2.45) is 28.6 Å². The highest BCUT2D eigenvalue weighted by Crippen LogP contribution is 2.64. The molecule has 0 aromatic carbocycles. The van der Waals surface area contributed by atoms with Gasteiger partial charge in [-0.15, -0.1) is 0 Å². The molecule has 146 valence electrons. The molecule has 2 N–H and O–H groups in total. The van der Waals surface area contributed by atoms with Gasteiger partial charge in [-0.25, -0.2) is 4.18 Å². The molecule has 3 fully saturated rings. The Morgan fingerprint density at radius 1 is 1.15 bits per heavy atom. The van der Waals surface area contributed by atoms with Gasteiger partial charge in [0.2, 0.25) is 0 Å². The minimum Gasteiger partial charge on any atom is -0.393 e. The van der Waals surface area contributed by atoms with E-state index in [-0.39, 0.29) is 23.2 Å². The number of hydrogen-bond donors (Lipinski definition) is 2. The van der Waals surface area contributed by atoms with Gasteiger partial charge in [-0.1, -0.05) is 25.5 Å². The number of carbonyl (C=O) groups excluding carboxylic acids is 1. The molecule has 0 heterocycles. The second-order valence-corrected chi connectivity index (χ2v) is 10.3. The lowest BCUT2D eigenvalue weighted by molar-refractivity contribution is -0.136. The second kappa shape index (κ2) is 5.87. The standard InChI is InChI=1S/C19H28O6S/c1-18-7-5-12(20)9-11(18)3-4-13-14(18)6-8-19(2)15(13)10-16(17(19)21)25-26(22,23)24/h3,12-16,20H,4-10H2,1-2H3,(H,22,23,24)/t12-,13+,14-,15-,16-,18-,19-/m0/s1. The highest BCUT2D eigenvalue weighted by atomic mass is 32.3. The third-order valence-corrected chi connectivity index (χ3v) is 8.50. The van der Waals surface area contributed by atoms with E-state index in [1.807, 2.05) is 6.92 Å². The van der Waals surface area contributed by atoms with E-state index in [1.165, 1.54) is 5.57 Å². The second-order valence-electron chi connectivity index (χ2n) is 9.22. The molecule has 0 unspecified atom stereocenters. The van der Waals surface area contributed by atoms with Crippen LogP contribution in [-0.4, -0.2) is 36.1 Å². The Bertz CT molecular complexity index is 758. The van der Waals surface area contributed by atoms with Crippen LogP contribution in [0.3, 0.4) is 0 Å². The Labute approximate surface area is 155 Å². The van der Waals surface area contributed by atoms with Gasteiger partial charge in [-0.05, 0) is 68.1 Å². The van der Waals surface area contributed by atoms with E-state index in [0.717, 1.165) is 38.5 Å². The number of carbonyl (C=O) groups is 1. The smallest absolute Gasteiger partial charge is 0.393 e. The van der Waals surface area contributed by atoms with Crippen LogP contribution in [0.2, 0.25) is 0 Å². The summed E-state index contributed by atoms with van der Waals surface area (Å²) in [7, 11) is -4.64. The van der Waals surface area contributed by atoms with E-state index >= 15 is 0 Å². The summed E-state index contributed by atoms with van der Waals surface area (Å²) in [5.74, 6) is 0.654. The molecule has 3 saturated carbocycles. The van der Waals surface area contributed by atoms with Gasteiger partial charge in [0, 0.05) is 5.41 Å². The maximum absolute atomic E-state index is 12.9. The summed E-state index contributed by atoms with van der Waals surface area (Å²) in [5.41, 5.74) is 0.845. The summed E-state index contributed by atoms with van der Waals surface area (Å²) >= 11 is 0. The van der Waals surface area contributed by atoms with Gasteiger partial charge in [-0.2, -0.15) is 8.42 Å². The van der Waals surface area contributed by atoms with E-state index < -0.39 is 21.9 Å². The predicted molar refractivity (Wildman–Crippen MR) is 94.5 cm³/mol. The number of rotatable bonds is 2. The maximum Gasteiger partial charge on any atom is 0.398 e. The average Bonchev–Trinajstić information content (AvgIpc) is 2.78. The fourth-order valence-electron chi connectivity index (χ4n) is 6.64. The highest BCUT2D eigenvalue weighted by Gasteiger charge is 2.61. The number of ketones is 1. The van der Waals surface area contributed by atoms with Crippen LogP contribution in [0.15, 0.2) is 11.6 Å². The Balaban J connectivity index is 1.65. The van der Waals surface area contributed by atoms with Gasteiger partial charge in [-0.3, -0.25) is 9.35 Å². The van der Waals surface area contributed by atoms with Crippen LogP contribution >= 0.6 is 0 Å². The Morgan fingerprint density at radius 3 is 2.54 bits per heavy atom. The van der Waals surface area contributed by atoms with Crippen LogP contribution in [0.4, 0.5) is 0 Å². The molecule has 0 aromatic rings. The quantitative estimate of drug-likeness (QED) is 0.561. The summed E-state index contributed by atoms with van der Waals surface area (Å²) in [6, 6.07) is 0. The zero-order valence-corrected chi connectivity index (χ0v) is 16.2. The molecule has 4 aliphatic carbocycles. The first kappa shape index (κ1) is 18.6. The minimum atomic E-state index is -4.64.